The van der Waals surface area contributed by atoms with Gasteiger partial charge in [-0.15, -0.1) is 0 Å². The molecule has 2 heteroatoms. The van der Waals surface area contributed by atoms with Gasteiger partial charge in [0.25, 0.3) is 0 Å². The molecule has 2 aromatic carbocycles. The van der Waals surface area contributed by atoms with E-state index in [2.05, 4.69) is 74.3 Å². The summed E-state index contributed by atoms with van der Waals surface area (Å²) < 4.78 is 1.14. The number of anilines is 1. The predicted molar refractivity (Wildman–Crippen MR) is 94.2 cm³/mol. The highest BCUT2D eigenvalue weighted by atomic mass is 15.4. The van der Waals surface area contributed by atoms with Gasteiger partial charge in [0.05, 0.1) is 33.2 Å². The summed E-state index contributed by atoms with van der Waals surface area (Å²) in [7, 11) is 2.40. The first-order valence-electron chi connectivity index (χ1n) is 8.25. The SMILES string of the molecule is Cc1ccc(C[N+]2(C)CCN(c3ccc(C)cc3)CC2)cc1. The van der Waals surface area contributed by atoms with E-state index in [0.29, 0.717) is 0 Å². The van der Waals surface area contributed by atoms with Crippen molar-refractivity contribution in [3.8, 4) is 0 Å². The number of rotatable bonds is 3. The Hall–Kier alpha value is -1.80. The third-order valence-corrected chi connectivity index (χ3v) is 4.90. The number of hydrogen-bond acceptors (Lipinski definition) is 1. The normalized spacial score (nSPS) is 17.5. The average molecular weight is 295 g/mol. The largest absolute Gasteiger partial charge is 0.360 e. The molecule has 0 spiro atoms. The van der Waals surface area contributed by atoms with Crippen LogP contribution in [0.4, 0.5) is 5.69 Å². The van der Waals surface area contributed by atoms with Crippen LogP contribution in [0, 0.1) is 13.8 Å². The van der Waals surface area contributed by atoms with E-state index in [1.807, 2.05) is 0 Å². The summed E-state index contributed by atoms with van der Waals surface area (Å²) >= 11 is 0. The van der Waals surface area contributed by atoms with Crippen LogP contribution in [-0.4, -0.2) is 37.7 Å². The summed E-state index contributed by atoms with van der Waals surface area (Å²) in [5, 5.41) is 0. The van der Waals surface area contributed by atoms with Gasteiger partial charge in [-0.3, -0.25) is 0 Å². The second-order valence-electron chi connectivity index (χ2n) is 7.03. The smallest absolute Gasteiger partial charge is 0.104 e. The van der Waals surface area contributed by atoms with Gasteiger partial charge in [-0.2, -0.15) is 0 Å². The molecule has 0 radical (unpaired) electrons. The molecule has 0 atom stereocenters. The maximum atomic E-state index is 2.52. The van der Waals surface area contributed by atoms with Gasteiger partial charge in [0.15, 0.2) is 0 Å². The van der Waals surface area contributed by atoms with Crippen LogP contribution in [0.5, 0.6) is 0 Å². The van der Waals surface area contributed by atoms with Gasteiger partial charge < -0.3 is 9.38 Å². The van der Waals surface area contributed by atoms with E-state index in [-0.39, 0.29) is 0 Å². The summed E-state index contributed by atoms with van der Waals surface area (Å²) in [5.74, 6) is 0. The predicted octanol–water partition coefficient (Wildman–Crippen LogP) is 3.77. The zero-order chi connectivity index (χ0) is 15.6. The number of benzene rings is 2. The van der Waals surface area contributed by atoms with Crippen LogP contribution < -0.4 is 4.90 Å². The van der Waals surface area contributed by atoms with Crippen LogP contribution in [0.3, 0.4) is 0 Å². The summed E-state index contributed by atoms with van der Waals surface area (Å²) in [4.78, 5) is 2.52. The van der Waals surface area contributed by atoms with Crippen LogP contribution in [0.25, 0.3) is 0 Å². The van der Waals surface area contributed by atoms with Gasteiger partial charge in [0.2, 0.25) is 0 Å². The van der Waals surface area contributed by atoms with Crippen LogP contribution in [0.1, 0.15) is 16.7 Å². The fourth-order valence-corrected chi connectivity index (χ4v) is 3.25. The van der Waals surface area contributed by atoms with Gasteiger partial charge in [-0.25, -0.2) is 0 Å². The molecule has 1 aliphatic rings. The third kappa shape index (κ3) is 3.50. The summed E-state index contributed by atoms with van der Waals surface area (Å²) in [6, 6.07) is 18.0. The lowest BCUT2D eigenvalue weighted by Gasteiger charge is -2.43. The molecule has 2 nitrogen and oxygen atoms in total. The van der Waals surface area contributed by atoms with Crippen molar-refractivity contribution in [1.82, 2.24) is 0 Å². The Balaban J connectivity index is 1.62. The van der Waals surface area contributed by atoms with Crippen molar-refractivity contribution < 1.29 is 4.48 Å². The molecule has 2 aromatic rings. The molecule has 0 N–H and O–H groups in total. The van der Waals surface area contributed by atoms with Crippen LogP contribution >= 0.6 is 0 Å². The number of hydrogen-bond donors (Lipinski definition) is 0. The fourth-order valence-electron chi connectivity index (χ4n) is 3.25. The molecule has 0 aliphatic carbocycles. The van der Waals surface area contributed by atoms with Crippen molar-refractivity contribution in [2.75, 3.05) is 38.1 Å². The zero-order valence-corrected chi connectivity index (χ0v) is 14.0. The molecule has 3 rings (SSSR count). The lowest BCUT2D eigenvalue weighted by atomic mass is 10.1. The lowest BCUT2D eigenvalue weighted by molar-refractivity contribution is -0.923. The Labute approximate surface area is 134 Å². The van der Waals surface area contributed by atoms with Crippen molar-refractivity contribution in [1.29, 1.82) is 0 Å². The number of piperazine rings is 1. The molecule has 1 heterocycles. The molecule has 0 unspecified atom stereocenters. The maximum absolute atomic E-state index is 2.52. The minimum absolute atomic E-state index is 1.14. The van der Waals surface area contributed by atoms with E-state index < -0.39 is 0 Å². The second-order valence-corrected chi connectivity index (χ2v) is 7.03. The molecule has 1 fully saturated rings. The van der Waals surface area contributed by atoms with E-state index in [1.54, 1.807) is 0 Å². The number of likely N-dealkylation sites (N-methyl/N-ethyl adjacent to an activating group) is 1. The van der Waals surface area contributed by atoms with Gasteiger partial charge in [-0.05, 0) is 26.0 Å². The molecule has 1 saturated heterocycles. The highest BCUT2D eigenvalue weighted by molar-refractivity contribution is 5.47. The molecule has 1 aliphatic heterocycles. The van der Waals surface area contributed by atoms with Crippen molar-refractivity contribution in [3.05, 3.63) is 65.2 Å². The first kappa shape index (κ1) is 15.1. The molecule has 116 valence electrons. The number of quaternary nitrogens is 1. The quantitative estimate of drug-likeness (QED) is 0.779. The van der Waals surface area contributed by atoms with Crippen molar-refractivity contribution in [3.63, 3.8) is 0 Å². The van der Waals surface area contributed by atoms with E-state index in [4.69, 9.17) is 0 Å². The maximum Gasteiger partial charge on any atom is 0.104 e. The van der Waals surface area contributed by atoms with E-state index >= 15 is 0 Å². The Kier molecular flexibility index (Phi) is 4.21. The Morgan fingerprint density at radius 2 is 1.32 bits per heavy atom. The molecule has 0 bridgehead atoms. The standard InChI is InChI=1S/C20H27N2/c1-17-4-8-19(9-5-17)16-22(3)14-12-21(13-15-22)20-10-6-18(2)7-11-20/h4-11H,12-16H2,1-3H3/q+1. The van der Waals surface area contributed by atoms with Crippen LogP contribution in [-0.2, 0) is 6.54 Å². The summed E-state index contributed by atoms with van der Waals surface area (Å²) in [5.41, 5.74) is 5.50. The van der Waals surface area contributed by atoms with Crippen molar-refractivity contribution >= 4 is 5.69 Å². The molecule has 0 aromatic heterocycles. The Morgan fingerprint density at radius 3 is 1.86 bits per heavy atom. The monoisotopic (exact) mass is 295 g/mol. The van der Waals surface area contributed by atoms with E-state index in [1.165, 1.54) is 35.5 Å². The minimum Gasteiger partial charge on any atom is -0.360 e. The van der Waals surface area contributed by atoms with E-state index in [9.17, 15) is 0 Å². The van der Waals surface area contributed by atoms with Crippen LogP contribution in [0.2, 0.25) is 0 Å². The fraction of sp³-hybridized carbons (Fsp3) is 0.400. The average Bonchev–Trinajstić information content (AvgIpc) is 2.51. The third-order valence-electron chi connectivity index (χ3n) is 4.90. The molecule has 0 amide bonds. The van der Waals surface area contributed by atoms with E-state index in [0.717, 1.165) is 24.1 Å². The molecule has 0 saturated carbocycles. The molecule has 22 heavy (non-hydrogen) atoms. The topological polar surface area (TPSA) is 3.24 Å². The van der Waals surface area contributed by atoms with Gasteiger partial charge >= 0.3 is 0 Å². The van der Waals surface area contributed by atoms with Crippen LogP contribution in [0.15, 0.2) is 48.5 Å². The Bertz CT molecular complexity index is 605. The highest BCUT2D eigenvalue weighted by Crippen LogP contribution is 2.21. The summed E-state index contributed by atoms with van der Waals surface area (Å²) in [6.07, 6.45) is 0. The van der Waals surface area contributed by atoms with Crippen molar-refractivity contribution in [2.45, 2.75) is 20.4 Å². The Morgan fingerprint density at radius 1 is 0.818 bits per heavy atom. The highest BCUT2D eigenvalue weighted by Gasteiger charge is 2.28. The second kappa shape index (κ2) is 6.13. The first-order valence-corrected chi connectivity index (χ1v) is 8.25. The minimum atomic E-state index is 1.14. The van der Waals surface area contributed by atoms with Gasteiger partial charge in [0.1, 0.15) is 6.54 Å². The first-order chi connectivity index (χ1) is 10.5. The molecular weight excluding hydrogens is 268 g/mol. The van der Waals surface area contributed by atoms with Crippen molar-refractivity contribution in [2.24, 2.45) is 0 Å². The molecular formula is C20H27N2+. The van der Waals surface area contributed by atoms with Gasteiger partial charge in [0, 0.05) is 11.3 Å². The number of aryl methyl sites for hydroxylation is 2. The zero-order valence-electron chi connectivity index (χ0n) is 14.0. The lowest BCUT2D eigenvalue weighted by Crippen LogP contribution is -2.56. The summed E-state index contributed by atoms with van der Waals surface area (Å²) in [6.45, 7) is 10.2. The number of nitrogens with zero attached hydrogens (tertiary/aromatic N) is 2. The van der Waals surface area contributed by atoms with Gasteiger partial charge in [-0.1, -0.05) is 47.5 Å².